The van der Waals surface area contributed by atoms with Gasteiger partial charge in [-0.2, -0.15) is 33.7 Å². The largest absolute Gasteiger partial charge is 0.324 e. The maximum Gasteiger partial charge on any atom is 0.295 e. The van der Waals surface area contributed by atoms with E-state index in [2.05, 4.69) is 39.9 Å². The van der Waals surface area contributed by atoms with Gasteiger partial charge in [-0.25, -0.2) is 29.9 Å². The van der Waals surface area contributed by atoms with Gasteiger partial charge in [0.2, 0.25) is 0 Å². The Labute approximate surface area is 313 Å². The second-order valence-electron chi connectivity index (χ2n) is 12.3. The molecule has 3 aromatic heterocycles. The van der Waals surface area contributed by atoms with E-state index in [-0.39, 0.29) is 89.7 Å². The Morgan fingerprint density at radius 2 is 0.821 bits per heavy atom. The summed E-state index contributed by atoms with van der Waals surface area (Å²) in [5.74, 6) is -0.646. The molecule has 9 rings (SSSR count). The Morgan fingerprint density at radius 1 is 0.393 bits per heavy atom. The summed E-state index contributed by atoms with van der Waals surface area (Å²) in [7, 11) is -19.2. The Bertz CT molecular complexity index is 3610. The van der Waals surface area contributed by atoms with Crippen LogP contribution in [0.3, 0.4) is 0 Å². The van der Waals surface area contributed by atoms with Crippen molar-refractivity contribution in [2.45, 2.75) is 19.6 Å². The molecule has 0 atom stereocenters. The van der Waals surface area contributed by atoms with Gasteiger partial charge in [-0.1, -0.05) is 12.1 Å². The van der Waals surface area contributed by atoms with E-state index in [9.17, 15) is 51.9 Å². The van der Waals surface area contributed by atoms with Crippen LogP contribution < -0.4 is 0 Å². The third-order valence-electron chi connectivity index (χ3n) is 8.90. The van der Waals surface area contributed by atoms with Crippen LogP contribution in [0.1, 0.15) is 0 Å². The first-order valence-corrected chi connectivity index (χ1v) is 21.3. The van der Waals surface area contributed by atoms with E-state index in [4.69, 9.17) is 0 Å². The second-order valence-corrected chi connectivity index (χ2v) is 18.0. The third-order valence-corrected chi connectivity index (χ3v) is 12.3. The number of H-pyrrole nitrogens is 2. The first-order chi connectivity index (χ1) is 26.2. The number of hydrogen-bond acceptors (Lipinski definition) is 14. The minimum absolute atomic E-state index is 0.00297. The predicted molar refractivity (Wildman–Crippen MR) is 195 cm³/mol. The number of nitrogens with one attached hydrogen (secondary N) is 2. The standard InChI is InChI=1S/C32H18N8O12S4/c41-53(42,43)13-4-7-16-20(10-13)29-34-25(16)33-28-19-2-1-3-23(56(50,51)52)24(19)32(40-28)39-27-18-9-6-15(55(47,48)49)12-22(18)31(37-27)38-30-21-11-14(54(44,45)46)5-8-17(21)26(35-29)36-30/h1-12H,(H,41,42,43)(H,44,45,46)(H,47,48,49)(H,50,51,52)(H2,33,34,35,36,37,38,39,40). The lowest BCUT2D eigenvalue weighted by molar-refractivity contribution is 0.481. The minimum atomic E-state index is -4.91. The number of aromatic amines is 2. The normalized spacial score (nSPS) is 13.2. The molecule has 4 aromatic carbocycles. The summed E-state index contributed by atoms with van der Waals surface area (Å²) < 4.78 is 138. The molecule has 7 aromatic rings. The fraction of sp³-hybridized carbons (Fsp3) is 0. The zero-order valence-electron chi connectivity index (χ0n) is 27.3. The fourth-order valence-electron chi connectivity index (χ4n) is 6.44. The number of aromatic nitrogens is 8. The van der Waals surface area contributed by atoms with Crippen molar-refractivity contribution in [3.63, 3.8) is 0 Å². The summed E-state index contributed by atoms with van der Waals surface area (Å²) >= 11 is 0. The monoisotopic (exact) mass is 834 g/mol. The summed E-state index contributed by atoms with van der Waals surface area (Å²) in [4.78, 5) is 31.1. The van der Waals surface area contributed by atoms with Crippen LogP contribution in [0.4, 0.5) is 0 Å². The Hall–Kier alpha value is -6.12. The molecule has 0 saturated heterocycles. The molecule has 6 N–H and O–H groups in total. The van der Waals surface area contributed by atoms with Gasteiger partial charge in [0.25, 0.3) is 40.5 Å². The van der Waals surface area contributed by atoms with Crippen molar-refractivity contribution in [2.24, 2.45) is 0 Å². The molecule has 0 spiro atoms. The first-order valence-electron chi connectivity index (χ1n) is 15.5. The van der Waals surface area contributed by atoms with E-state index >= 15 is 0 Å². The van der Waals surface area contributed by atoms with Gasteiger partial charge >= 0.3 is 0 Å². The van der Waals surface area contributed by atoms with Crippen LogP contribution in [-0.2, 0) is 40.5 Å². The Balaban J connectivity index is 1.52. The highest BCUT2D eigenvalue weighted by Gasteiger charge is 2.27. The van der Waals surface area contributed by atoms with Crippen LogP contribution in [-0.4, -0.2) is 91.8 Å². The van der Waals surface area contributed by atoms with Gasteiger partial charge in [0.15, 0.2) is 23.3 Å². The van der Waals surface area contributed by atoms with E-state index in [0.717, 1.165) is 42.5 Å². The van der Waals surface area contributed by atoms with Crippen LogP contribution in [0.5, 0.6) is 0 Å². The fourth-order valence-corrected chi connectivity index (χ4v) is 8.68. The van der Waals surface area contributed by atoms with Crippen molar-refractivity contribution in [2.75, 3.05) is 0 Å². The molecule has 20 nitrogen and oxygen atoms in total. The van der Waals surface area contributed by atoms with Gasteiger partial charge in [0.05, 0.1) is 14.7 Å². The number of fused-ring (bicyclic) bond motifs is 20. The maximum atomic E-state index is 12.6. The number of hydrogen-bond donors (Lipinski definition) is 6. The average molecular weight is 835 g/mol. The van der Waals surface area contributed by atoms with Crippen LogP contribution >= 0.6 is 0 Å². The maximum absolute atomic E-state index is 12.6. The summed E-state index contributed by atoms with van der Waals surface area (Å²) in [6.45, 7) is 0. The molecule has 2 aliphatic rings. The second kappa shape index (κ2) is 11.7. The summed E-state index contributed by atoms with van der Waals surface area (Å²) in [5, 5.41) is 0.225. The van der Waals surface area contributed by atoms with Gasteiger partial charge < -0.3 is 9.97 Å². The number of benzene rings is 4. The van der Waals surface area contributed by atoms with Crippen molar-refractivity contribution in [3.05, 3.63) is 72.8 Å². The van der Waals surface area contributed by atoms with Crippen molar-refractivity contribution < 1.29 is 51.9 Å². The SMILES string of the molecule is O=S(=O)(O)c1ccc2c(c1)-c1nc-2nc2[nH]c(nc3nc(nc4[nH]c(n1)c1ccc(S(=O)(=O)O)cc41)-c1cc(S(=O)(=O)O)ccc1-3)c1c(S(=O)(=O)O)cccc21. The van der Waals surface area contributed by atoms with Gasteiger partial charge in [0, 0.05) is 43.8 Å². The molecule has 282 valence electrons. The van der Waals surface area contributed by atoms with Gasteiger partial charge in [-0.15, -0.1) is 0 Å². The predicted octanol–water partition coefficient (Wildman–Crippen LogP) is 3.86. The van der Waals surface area contributed by atoms with Crippen molar-refractivity contribution in [3.8, 4) is 45.6 Å². The van der Waals surface area contributed by atoms with Crippen LogP contribution in [0.15, 0.2) is 92.4 Å². The summed E-state index contributed by atoms with van der Waals surface area (Å²) in [6, 6.07) is 14.3. The zero-order chi connectivity index (χ0) is 39.7. The Morgan fingerprint density at radius 3 is 1.34 bits per heavy atom. The van der Waals surface area contributed by atoms with Gasteiger partial charge in [0.1, 0.15) is 27.5 Å². The molecule has 0 amide bonds. The highest BCUT2D eigenvalue weighted by Crippen LogP contribution is 2.39. The van der Waals surface area contributed by atoms with Gasteiger partial charge in [-0.3, -0.25) is 18.2 Å². The van der Waals surface area contributed by atoms with E-state index < -0.39 is 60.1 Å². The molecule has 24 heteroatoms. The van der Waals surface area contributed by atoms with Crippen molar-refractivity contribution in [1.82, 2.24) is 39.9 Å². The lowest BCUT2D eigenvalue weighted by atomic mass is 10.1. The highest BCUT2D eigenvalue weighted by molar-refractivity contribution is 7.86. The lowest BCUT2D eigenvalue weighted by Gasteiger charge is -2.02. The van der Waals surface area contributed by atoms with E-state index in [1.54, 1.807) is 0 Å². The third kappa shape index (κ3) is 5.78. The van der Waals surface area contributed by atoms with Crippen LogP contribution in [0, 0.1) is 0 Å². The molecule has 0 saturated carbocycles. The molecular weight excluding hydrogens is 817 g/mol. The lowest BCUT2D eigenvalue weighted by Crippen LogP contribution is -1.98. The Kier molecular flexibility index (Phi) is 7.43. The number of rotatable bonds is 4. The van der Waals surface area contributed by atoms with Gasteiger partial charge in [-0.05, 0) is 60.7 Å². The zero-order valence-corrected chi connectivity index (χ0v) is 30.6. The summed E-state index contributed by atoms with van der Waals surface area (Å²) in [6.07, 6.45) is 0. The molecule has 0 radical (unpaired) electrons. The van der Waals surface area contributed by atoms with Crippen molar-refractivity contribution >= 4 is 84.6 Å². The number of nitrogens with zero attached hydrogens (tertiary/aromatic N) is 6. The van der Waals surface area contributed by atoms with E-state index in [1.807, 2.05) is 0 Å². The smallest absolute Gasteiger partial charge is 0.295 e. The molecule has 0 fully saturated rings. The molecule has 5 heterocycles. The minimum Gasteiger partial charge on any atom is -0.324 e. The van der Waals surface area contributed by atoms with Crippen molar-refractivity contribution in [1.29, 1.82) is 0 Å². The molecule has 8 bridgehead atoms. The van der Waals surface area contributed by atoms with Crippen LogP contribution in [0.2, 0.25) is 0 Å². The molecule has 0 aliphatic carbocycles. The molecule has 2 aliphatic heterocycles. The van der Waals surface area contributed by atoms with Crippen LogP contribution in [0.25, 0.3) is 89.7 Å². The highest BCUT2D eigenvalue weighted by atomic mass is 32.2. The topological polar surface area (TPSA) is 326 Å². The average Bonchev–Trinajstić information content (AvgIpc) is 3.84. The quantitative estimate of drug-likeness (QED) is 0.137. The van der Waals surface area contributed by atoms with E-state index in [1.165, 1.54) is 30.3 Å². The molecule has 56 heavy (non-hydrogen) atoms. The van der Waals surface area contributed by atoms with E-state index in [0.29, 0.717) is 0 Å². The summed E-state index contributed by atoms with van der Waals surface area (Å²) in [5.41, 5.74) is 0.00377. The molecular formula is C32H18N8O12S4. The first kappa shape index (κ1) is 35.6. The molecule has 0 unspecified atom stereocenters.